The van der Waals surface area contributed by atoms with E-state index in [9.17, 15) is 0 Å². The van der Waals surface area contributed by atoms with Crippen molar-refractivity contribution in [2.75, 3.05) is 0 Å². The van der Waals surface area contributed by atoms with E-state index in [1.165, 1.54) is 25.7 Å². The fraction of sp³-hybridized carbons (Fsp3) is 0.692. The van der Waals surface area contributed by atoms with Gasteiger partial charge >= 0.3 is 0 Å². The summed E-state index contributed by atoms with van der Waals surface area (Å²) in [6.45, 7) is 4.49. The predicted octanol–water partition coefficient (Wildman–Crippen LogP) is 3.89. The third-order valence-electron chi connectivity index (χ3n) is 3.10. The van der Waals surface area contributed by atoms with E-state index in [0.717, 1.165) is 17.9 Å². The lowest BCUT2D eigenvalue weighted by Gasteiger charge is -2.18. The first-order valence-corrected chi connectivity index (χ1v) is 6.05. The summed E-state index contributed by atoms with van der Waals surface area (Å²) in [5.74, 6) is 0.759. The molecule has 1 rings (SSSR count). The summed E-state index contributed by atoms with van der Waals surface area (Å²) >= 11 is 0. The van der Waals surface area contributed by atoms with Crippen LogP contribution in [-0.2, 0) is 0 Å². The van der Waals surface area contributed by atoms with E-state index < -0.39 is 0 Å². The zero-order valence-electron chi connectivity index (χ0n) is 9.91. The molecule has 0 amide bonds. The average Bonchev–Trinajstić information content (AvgIpc) is 2.77. The quantitative estimate of drug-likeness (QED) is 0.740. The lowest BCUT2D eigenvalue weighted by molar-refractivity contribution is 0.387. The maximum absolute atomic E-state index is 6.13. The summed E-state index contributed by atoms with van der Waals surface area (Å²) in [4.78, 5) is 0. The molecule has 2 unspecified atom stereocenters. The van der Waals surface area contributed by atoms with Crippen LogP contribution in [0.4, 0.5) is 0 Å². The summed E-state index contributed by atoms with van der Waals surface area (Å²) in [5.41, 5.74) is 7.26. The molecule has 0 aromatic carbocycles. The fourth-order valence-corrected chi connectivity index (χ4v) is 1.96. The van der Waals surface area contributed by atoms with Gasteiger partial charge in [-0.2, -0.15) is 0 Å². The van der Waals surface area contributed by atoms with Crippen molar-refractivity contribution in [2.24, 2.45) is 11.7 Å². The second-order valence-corrected chi connectivity index (χ2v) is 4.32. The molecule has 2 atom stereocenters. The van der Waals surface area contributed by atoms with Crippen LogP contribution < -0.4 is 5.73 Å². The SMILES string of the molecule is CCCCC(CC)CC(N)c1ccoc1. The van der Waals surface area contributed by atoms with E-state index in [1.807, 2.05) is 6.07 Å². The minimum absolute atomic E-state index is 0.144. The monoisotopic (exact) mass is 209 g/mol. The van der Waals surface area contributed by atoms with Crippen molar-refractivity contribution >= 4 is 0 Å². The number of unbranched alkanes of at least 4 members (excludes halogenated alkanes) is 1. The van der Waals surface area contributed by atoms with E-state index in [2.05, 4.69) is 13.8 Å². The molecule has 0 aliphatic heterocycles. The summed E-state index contributed by atoms with van der Waals surface area (Å²) in [7, 11) is 0. The Bertz CT molecular complexity index is 243. The number of furan rings is 1. The molecule has 0 bridgehead atoms. The highest BCUT2D eigenvalue weighted by molar-refractivity contribution is 5.10. The Morgan fingerprint density at radius 3 is 2.73 bits per heavy atom. The van der Waals surface area contributed by atoms with Gasteiger partial charge in [-0.15, -0.1) is 0 Å². The van der Waals surface area contributed by atoms with Crippen LogP contribution in [0, 0.1) is 5.92 Å². The van der Waals surface area contributed by atoms with Crippen LogP contribution in [0.1, 0.15) is 57.6 Å². The van der Waals surface area contributed by atoms with Crippen molar-refractivity contribution in [3.8, 4) is 0 Å². The Labute approximate surface area is 92.9 Å². The third-order valence-corrected chi connectivity index (χ3v) is 3.10. The first-order valence-electron chi connectivity index (χ1n) is 6.05. The summed E-state index contributed by atoms with van der Waals surface area (Å²) in [6, 6.07) is 2.11. The van der Waals surface area contributed by atoms with Crippen molar-refractivity contribution in [1.29, 1.82) is 0 Å². The van der Waals surface area contributed by atoms with Crippen LogP contribution in [0.25, 0.3) is 0 Å². The van der Waals surface area contributed by atoms with Crippen molar-refractivity contribution in [1.82, 2.24) is 0 Å². The van der Waals surface area contributed by atoms with E-state index in [1.54, 1.807) is 12.5 Å². The van der Waals surface area contributed by atoms with Crippen molar-refractivity contribution < 1.29 is 4.42 Å². The molecule has 0 aliphatic rings. The number of hydrogen-bond acceptors (Lipinski definition) is 2. The molecular formula is C13H23NO. The van der Waals surface area contributed by atoms with Gasteiger partial charge in [-0.25, -0.2) is 0 Å². The molecule has 1 aromatic heterocycles. The molecule has 0 radical (unpaired) electrons. The molecule has 0 saturated heterocycles. The molecule has 15 heavy (non-hydrogen) atoms. The molecule has 1 heterocycles. The van der Waals surface area contributed by atoms with Gasteiger partial charge < -0.3 is 10.2 Å². The topological polar surface area (TPSA) is 39.2 Å². The van der Waals surface area contributed by atoms with Crippen molar-refractivity contribution in [2.45, 2.75) is 52.0 Å². The van der Waals surface area contributed by atoms with Gasteiger partial charge in [0.15, 0.2) is 0 Å². The second kappa shape index (κ2) is 6.67. The zero-order valence-corrected chi connectivity index (χ0v) is 9.91. The average molecular weight is 209 g/mol. The molecule has 0 spiro atoms. The van der Waals surface area contributed by atoms with Gasteiger partial charge in [-0.1, -0.05) is 39.5 Å². The highest BCUT2D eigenvalue weighted by Gasteiger charge is 2.13. The minimum Gasteiger partial charge on any atom is -0.472 e. The van der Waals surface area contributed by atoms with Gasteiger partial charge in [0.1, 0.15) is 0 Å². The number of nitrogens with two attached hydrogens (primary N) is 1. The molecular weight excluding hydrogens is 186 g/mol. The van der Waals surface area contributed by atoms with Gasteiger partial charge in [0.05, 0.1) is 12.5 Å². The largest absolute Gasteiger partial charge is 0.472 e. The van der Waals surface area contributed by atoms with E-state index in [0.29, 0.717) is 0 Å². The first kappa shape index (κ1) is 12.3. The van der Waals surface area contributed by atoms with Crippen LogP contribution in [-0.4, -0.2) is 0 Å². The molecule has 2 N–H and O–H groups in total. The van der Waals surface area contributed by atoms with E-state index in [-0.39, 0.29) is 6.04 Å². The number of hydrogen-bond donors (Lipinski definition) is 1. The lowest BCUT2D eigenvalue weighted by Crippen LogP contribution is -2.14. The standard InChI is InChI=1S/C13H23NO/c1-3-5-6-11(4-2)9-13(14)12-7-8-15-10-12/h7-8,10-11,13H,3-6,9,14H2,1-2H3. The highest BCUT2D eigenvalue weighted by atomic mass is 16.3. The Morgan fingerprint density at radius 1 is 1.40 bits per heavy atom. The minimum atomic E-state index is 0.144. The van der Waals surface area contributed by atoms with Gasteiger partial charge in [-0.05, 0) is 18.4 Å². The van der Waals surface area contributed by atoms with Gasteiger partial charge in [-0.3, -0.25) is 0 Å². The predicted molar refractivity (Wildman–Crippen MR) is 63.6 cm³/mol. The first-order chi connectivity index (χ1) is 7.27. The molecule has 86 valence electrons. The normalized spacial score (nSPS) is 15.1. The Balaban J connectivity index is 2.37. The summed E-state index contributed by atoms with van der Waals surface area (Å²) < 4.78 is 5.05. The number of rotatable bonds is 7. The van der Waals surface area contributed by atoms with Gasteiger partial charge in [0.2, 0.25) is 0 Å². The third kappa shape index (κ3) is 4.08. The van der Waals surface area contributed by atoms with E-state index >= 15 is 0 Å². The van der Waals surface area contributed by atoms with Crippen LogP contribution in [0.15, 0.2) is 23.0 Å². The summed E-state index contributed by atoms with van der Waals surface area (Å²) in [6.07, 6.45) is 9.66. The molecule has 0 aliphatic carbocycles. The van der Waals surface area contributed by atoms with Crippen LogP contribution >= 0.6 is 0 Å². The van der Waals surface area contributed by atoms with Crippen LogP contribution in [0.2, 0.25) is 0 Å². The molecule has 2 nitrogen and oxygen atoms in total. The van der Waals surface area contributed by atoms with Crippen LogP contribution in [0.5, 0.6) is 0 Å². The molecule has 2 heteroatoms. The lowest BCUT2D eigenvalue weighted by atomic mass is 9.90. The van der Waals surface area contributed by atoms with E-state index in [4.69, 9.17) is 10.2 Å². The highest BCUT2D eigenvalue weighted by Crippen LogP contribution is 2.25. The molecule has 1 aromatic rings. The smallest absolute Gasteiger partial charge is 0.0950 e. The molecule has 0 fully saturated rings. The van der Waals surface area contributed by atoms with Crippen molar-refractivity contribution in [3.05, 3.63) is 24.2 Å². The second-order valence-electron chi connectivity index (χ2n) is 4.32. The summed E-state index contributed by atoms with van der Waals surface area (Å²) in [5, 5.41) is 0. The Kier molecular flexibility index (Phi) is 5.48. The van der Waals surface area contributed by atoms with Gasteiger partial charge in [0, 0.05) is 11.6 Å². The van der Waals surface area contributed by atoms with Crippen LogP contribution in [0.3, 0.4) is 0 Å². The maximum atomic E-state index is 6.13. The Hall–Kier alpha value is -0.760. The zero-order chi connectivity index (χ0) is 11.1. The molecule has 0 saturated carbocycles. The van der Waals surface area contributed by atoms with Gasteiger partial charge in [0.25, 0.3) is 0 Å². The van der Waals surface area contributed by atoms with Crippen molar-refractivity contribution in [3.63, 3.8) is 0 Å². The maximum Gasteiger partial charge on any atom is 0.0950 e. The Morgan fingerprint density at radius 2 is 2.20 bits per heavy atom. The fourth-order valence-electron chi connectivity index (χ4n) is 1.96.